The van der Waals surface area contributed by atoms with Crippen LogP contribution in [0.5, 0.6) is 0 Å². The van der Waals surface area contributed by atoms with E-state index in [9.17, 15) is 0 Å². The van der Waals surface area contributed by atoms with Crippen molar-refractivity contribution in [1.29, 1.82) is 0 Å². The summed E-state index contributed by atoms with van der Waals surface area (Å²) in [5.41, 5.74) is 0. The molecule has 2 fully saturated rings. The van der Waals surface area contributed by atoms with Crippen LogP contribution in [0.1, 0.15) is 32.1 Å². The van der Waals surface area contributed by atoms with Crippen LogP contribution in [0.3, 0.4) is 0 Å². The molecular formula is C14H22N4O. The highest BCUT2D eigenvalue weighted by Gasteiger charge is 2.16. The lowest BCUT2D eigenvalue weighted by molar-refractivity contribution is 0.122. The van der Waals surface area contributed by atoms with Crippen molar-refractivity contribution in [2.75, 3.05) is 36.5 Å². The van der Waals surface area contributed by atoms with E-state index < -0.39 is 0 Å². The monoisotopic (exact) mass is 262 g/mol. The van der Waals surface area contributed by atoms with E-state index in [2.05, 4.69) is 20.2 Å². The zero-order valence-electron chi connectivity index (χ0n) is 11.3. The van der Waals surface area contributed by atoms with E-state index >= 15 is 0 Å². The molecule has 0 amide bonds. The van der Waals surface area contributed by atoms with Gasteiger partial charge in [-0.2, -0.15) is 4.98 Å². The molecule has 19 heavy (non-hydrogen) atoms. The molecule has 0 unspecified atom stereocenters. The minimum Gasteiger partial charge on any atom is -0.378 e. The van der Waals surface area contributed by atoms with Crippen LogP contribution in [0.15, 0.2) is 12.3 Å². The topological polar surface area (TPSA) is 50.3 Å². The van der Waals surface area contributed by atoms with Gasteiger partial charge in [0.1, 0.15) is 5.82 Å². The number of nitrogens with one attached hydrogen (secondary N) is 1. The number of anilines is 2. The van der Waals surface area contributed by atoms with Gasteiger partial charge in [0, 0.05) is 25.3 Å². The van der Waals surface area contributed by atoms with Crippen LogP contribution in [0, 0.1) is 0 Å². The molecule has 1 aliphatic heterocycles. The third kappa shape index (κ3) is 3.35. The Bertz CT molecular complexity index is 400. The third-order valence-corrected chi connectivity index (χ3v) is 3.91. The molecule has 1 N–H and O–H groups in total. The van der Waals surface area contributed by atoms with Crippen LogP contribution in [-0.4, -0.2) is 42.3 Å². The van der Waals surface area contributed by atoms with Crippen molar-refractivity contribution in [3.05, 3.63) is 12.3 Å². The van der Waals surface area contributed by atoms with Gasteiger partial charge in [-0.25, -0.2) is 4.98 Å². The van der Waals surface area contributed by atoms with Gasteiger partial charge >= 0.3 is 0 Å². The molecule has 0 aromatic carbocycles. The smallest absolute Gasteiger partial charge is 0.224 e. The second kappa shape index (κ2) is 6.19. The first-order valence-electron chi connectivity index (χ1n) is 7.34. The molecule has 1 aromatic rings. The number of nitrogens with zero attached hydrogens (tertiary/aromatic N) is 3. The molecule has 2 heterocycles. The lowest BCUT2D eigenvalue weighted by atomic mass is 9.96. The van der Waals surface area contributed by atoms with Crippen molar-refractivity contribution in [2.24, 2.45) is 0 Å². The van der Waals surface area contributed by atoms with Gasteiger partial charge in [-0.1, -0.05) is 19.3 Å². The van der Waals surface area contributed by atoms with Gasteiger partial charge < -0.3 is 15.0 Å². The summed E-state index contributed by atoms with van der Waals surface area (Å²) < 4.78 is 5.37. The van der Waals surface area contributed by atoms with Gasteiger partial charge in [0.2, 0.25) is 5.95 Å². The van der Waals surface area contributed by atoms with Crippen molar-refractivity contribution in [1.82, 2.24) is 9.97 Å². The van der Waals surface area contributed by atoms with Gasteiger partial charge in [0.25, 0.3) is 0 Å². The second-order valence-electron chi connectivity index (χ2n) is 5.32. The Labute approximate surface area is 114 Å². The van der Waals surface area contributed by atoms with E-state index in [0.717, 1.165) is 38.1 Å². The molecular weight excluding hydrogens is 240 g/mol. The molecule has 5 nitrogen and oxygen atoms in total. The van der Waals surface area contributed by atoms with Crippen molar-refractivity contribution in [3.8, 4) is 0 Å². The molecule has 0 bridgehead atoms. The van der Waals surface area contributed by atoms with Gasteiger partial charge in [-0.3, -0.25) is 0 Å². The summed E-state index contributed by atoms with van der Waals surface area (Å²) in [5, 5.41) is 3.48. The van der Waals surface area contributed by atoms with Crippen LogP contribution in [0.25, 0.3) is 0 Å². The van der Waals surface area contributed by atoms with E-state index in [1.54, 1.807) is 0 Å². The average Bonchev–Trinajstić information content (AvgIpc) is 2.49. The average molecular weight is 262 g/mol. The van der Waals surface area contributed by atoms with Crippen LogP contribution >= 0.6 is 0 Å². The molecule has 0 spiro atoms. The zero-order valence-corrected chi connectivity index (χ0v) is 11.3. The molecule has 1 saturated carbocycles. The Kier molecular flexibility index (Phi) is 4.13. The predicted molar refractivity (Wildman–Crippen MR) is 75.6 cm³/mol. The maximum absolute atomic E-state index is 5.37. The van der Waals surface area contributed by atoms with E-state index in [-0.39, 0.29) is 0 Å². The van der Waals surface area contributed by atoms with Gasteiger partial charge in [-0.05, 0) is 18.9 Å². The first kappa shape index (κ1) is 12.7. The number of rotatable bonds is 3. The minimum absolute atomic E-state index is 0.550. The van der Waals surface area contributed by atoms with Crippen molar-refractivity contribution in [3.63, 3.8) is 0 Å². The van der Waals surface area contributed by atoms with Gasteiger partial charge in [0.05, 0.1) is 13.2 Å². The Morgan fingerprint density at radius 2 is 1.95 bits per heavy atom. The lowest BCUT2D eigenvalue weighted by Gasteiger charge is -2.28. The van der Waals surface area contributed by atoms with Crippen LogP contribution in [0.2, 0.25) is 0 Å². The van der Waals surface area contributed by atoms with Gasteiger partial charge in [0.15, 0.2) is 0 Å². The Morgan fingerprint density at radius 3 is 2.74 bits per heavy atom. The molecule has 3 rings (SSSR count). The largest absolute Gasteiger partial charge is 0.378 e. The summed E-state index contributed by atoms with van der Waals surface area (Å²) in [6.45, 7) is 3.41. The van der Waals surface area contributed by atoms with Crippen LogP contribution < -0.4 is 10.2 Å². The van der Waals surface area contributed by atoms with E-state index in [1.807, 2.05) is 12.3 Å². The summed E-state index contributed by atoms with van der Waals surface area (Å²) in [6, 6.07) is 2.53. The molecule has 1 saturated heterocycles. The summed E-state index contributed by atoms with van der Waals surface area (Å²) in [5.74, 6) is 1.78. The van der Waals surface area contributed by atoms with E-state index in [0.29, 0.717) is 6.04 Å². The Morgan fingerprint density at radius 1 is 1.16 bits per heavy atom. The zero-order chi connectivity index (χ0) is 12.9. The highest BCUT2D eigenvalue weighted by Crippen LogP contribution is 2.21. The normalized spacial score (nSPS) is 21.4. The quantitative estimate of drug-likeness (QED) is 0.903. The molecule has 5 heteroatoms. The van der Waals surface area contributed by atoms with Crippen molar-refractivity contribution < 1.29 is 4.74 Å². The Balaban J connectivity index is 1.64. The number of aromatic nitrogens is 2. The summed E-state index contributed by atoms with van der Waals surface area (Å²) in [6.07, 6.45) is 8.34. The summed E-state index contributed by atoms with van der Waals surface area (Å²) >= 11 is 0. The fraction of sp³-hybridized carbons (Fsp3) is 0.714. The SMILES string of the molecule is c1cc(N2CCOCC2)nc(NC2CCCCC2)n1. The highest BCUT2D eigenvalue weighted by atomic mass is 16.5. The molecule has 104 valence electrons. The van der Waals surface area contributed by atoms with Gasteiger partial charge in [-0.15, -0.1) is 0 Å². The van der Waals surface area contributed by atoms with Crippen LogP contribution in [0.4, 0.5) is 11.8 Å². The maximum Gasteiger partial charge on any atom is 0.224 e. The molecule has 1 aromatic heterocycles. The number of hydrogen-bond donors (Lipinski definition) is 1. The van der Waals surface area contributed by atoms with E-state index in [4.69, 9.17) is 4.74 Å². The highest BCUT2D eigenvalue weighted by molar-refractivity contribution is 5.43. The number of hydrogen-bond acceptors (Lipinski definition) is 5. The molecule has 0 radical (unpaired) electrons. The standard InChI is InChI=1S/C14H22N4O/c1-2-4-12(5-3-1)16-14-15-7-6-13(17-14)18-8-10-19-11-9-18/h6-7,12H,1-5,8-11H2,(H,15,16,17). The molecule has 1 aliphatic carbocycles. The van der Waals surface area contributed by atoms with Crippen LogP contribution in [-0.2, 0) is 4.74 Å². The fourth-order valence-corrected chi connectivity index (χ4v) is 2.82. The van der Waals surface area contributed by atoms with E-state index in [1.165, 1.54) is 32.1 Å². The maximum atomic E-state index is 5.37. The summed E-state index contributed by atoms with van der Waals surface area (Å²) in [4.78, 5) is 11.2. The fourth-order valence-electron chi connectivity index (χ4n) is 2.82. The molecule has 2 aliphatic rings. The second-order valence-corrected chi connectivity index (χ2v) is 5.32. The van der Waals surface area contributed by atoms with Crippen molar-refractivity contribution >= 4 is 11.8 Å². The number of morpholine rings is 1. The molecule has 0 atom stereocenters. The first-order valence-corrected chi connectivity index (χ1v) is 7.34. The first-order chi connectivity index (χ1) is 9.42. The number of ether oxygens (including phenoxy) is 1. The minimum atomic E-state index is 0.550. The lowest BCUT2D eigenvalue weighted by Crippen LogP contribution is -2.37. The third-order valence-electron chi connectivity index (χ3n) is 3.91. The van der Waals surface area contributed by atoms with Crippen molar-refractivity contribution in [2.45, 2.75) is 38.1 Å². The Hall–Kier alpha value is -1.36. The summed E-state index contributed by atoms with van der Waals surface area (Å²) in [7, 11) is 0. The predicted octanol–water partition coefficient (Wildman–Crippen LogP) is 2.06.